The zero-order valence-corrected chi connectivity index (χ0v) is 16.7. The molecular weight excluding hydrogens is 356 g/mol. The predicted molar refractivity (Wildman–Crippen MR) is 112 cm³/mol. The fraction of sp³-hybridized carbons (Fsp3) is 0.318. The number of ether oxygens (including phenoxy) is 3. The van der Waals surface area contributed by atoms with Crippen molar-refractivity contribution in [3.8, 4) is 17.2 Å². The number of nitrogens with two attached hydrogens (primary N) is 1. The number of hydrogen-bond donors (Lipinski definition) is 1. The minimum atomic E-state index is -0.0430. The van der Waals surface area contributed by atoms with Gasteiger partial charge in [0.25, 0.3) is 0 Å². The van der Waals surface area contributed by atoms with Crippen LogP contribution in [0.1, 0.15) is 35.7 Å². The van der Waals surface area contributed by atoms with Crippen molar-refractivity contribution in [1.29, 1.82) is 0 Å². The summed E-state index contributed by atoms with van der Waals surface area (Å²) in [6.45, 7) is 2.23. The first kappa shape index (κ1) is 19.6. The molecule has 28 heavy (non-hydrogen) atoms. The van der Waals surface area contributed by atoms with Gasteiger partial charge in [-0.3, -0.25) is 4.79 Å². The predicted octanol–water partition coefficient (Wildman–Crippen LogP) is 4.14. The first-order chi connectivity index (χ1) is 13.4. The molecule has 0 saturated carbocycles. The maximum atomic E-state index is 13.2. The number of anilines is 2. The smallest absolute Gasteiger partial charge is 0.231 e. The Hall–Kier alpha value is -3.15. The Morgan fingerprint density at radius 2 is 1.93 bits per heavy atom. The van der Waals surface area contributed by atoms with Crippen LogP contribution in [0.3, 0.4) is 0 Å². The second-order valence-corrected chi connectivity index (χ2v) is 6.86. The SMILES string of the molecule is CCCC(=Cc1cc2c(cc1OC)OCO2)C(=O)c1ccc(N(C)C)c(N)c1. The first-order valence-electron chi connectivity index (χ1n) is 9.24. The van der Waals surface area contributed by atoms with Gasteiger partial charge in [0.2, 0.25) is 6.79 Å². The number of hydrogen-bond acceptors (Lipinski definition) is 6. The molecule has 1 aliphatic rings. The summed E-state index contributed by atoms with van der Waals surface area (Å²) >= 11 is 0. The Bertz CT molecular complexity index is 919. The minimum Gasteiger partial charge on any atom is -0.496 e. The van der Waals surface area contributed by atoms with Gasteiger partial charge in [-0.15, -0.1) is 0 Å². The highest BCUT2D eigenvalue weighted by atomic mass is 16.7. The molecular formula is C22H26N2O4. The normalized spacial score (nSPS) is 12.8. The van der Waals surface area contributed by atoms with Crippen LogP contribution in [0.4, 0.5) is 11.4 Å². The second kappa shape index (κ2) is 8.25. The molecule has 0 bridgehead atoms. The zero-order chi connectivity index (χ0) is 20.3. The number of nitrogen functional groups attached to an aromatic ring is 1. The number of fused-ring (bicyclic) bond motifs is 1. The summed E-state index contributed by atoms with van der Waals surface area (Å²) in [5, 5.41) is 0. The number of methoxy groups -OCH3 is 1. The molecule has 3 rings (SSSR count). The van der Waals surface area contributed by atoms with Gasteiger partial charge in [0.05, 0.1) is 18.5 Å². The minimum absolute atomic E-state index is 0.0430. The summed E-state index contributed by atoms with van der Waals surface area (Å²) < 4.78 is 16.3. The number of carbonyl (C=O) groups excluding carboxylic acids is 1. The van der Waals surface area contributed by atoms with Crippen LogP contribution in [0.5, 0.6) is 17.2 Å². The van der Waals surface area contributed by atoms with Crippen LogP contribution < -0.4 is 24.8 Å². The van der Waals surface area contributed by atoms with Crippen molar-refractivity contribution in [1.82, 2.24) is 0 Å². The van der Waals surface area contributed by atoms with Crippen LogP contribution in [0.15, 0.2) is 35.9 Å². The van der Waals surface area contributed by atoms with E-state index in [0.29, 0.717) is 40.5 Å². The average molecular weight is 382 g/mol. The fourth-order valence-electron chi connectivity index (χ4n) is 3.23. The van der Waals surface area contributed by atoms with Gasteiger partial charge in [-0.05, 0) is 36.8 Å². The number of Topliss-reactive ketones (excluding diaryl/α,β-unsaturated/α-hetero) is 1. The number of allylic oxidation sites excluding steroid dienone is 1. The molecule has 0 unspecified atom stereocenters. The van der Waals surface area contributed by atoms with E-state index in [1.54, 1.807) is 19.2 Å². The van der Waals surface area contributed by atoms with Crippen LogP contribution in [-0.2, 0) is 0 Å². The van der Waals surface area contributed by atoms with Crippen molar-refractivity contribution in [2.75, 3.05) is 38.6 Å². The highest BCUT2D eigenvalue weighted by Gasteiger charge is 2.19. The van der Waals surface area contributed by atoms with Crippen molar-refractivity contribution < 1.29 is 19.0 Å². The van der Waals surface area contributed by atoms with Gasteiger partial charge in [0, 0.05) is 36.9 Å². The Balaban J connectivity index is 2.00. The molecule has 1 heterocycles. The largest absolute Gasteiger partial charge is 0.496 e. The Morgan fingerprint density at radius 1 is 1.21 bits per heavy atom. The maximum absolute atomic E-state index is 13.2. The molecule has 0 aliphatic carbocycles. The van der Waals surface area contributed by atoms with Gasteiger partial charge >= 0.3 is 0 Å². The quantitative estimate of drug-likeness (QED) is 0.441. The summed E-state index contributed by atoms with van der Waals surface area (Å²) in [5.74, 6) is 1.88. The van der Waals surface area contributed by atoms with Crippen LogP contribution in [0, 0.1) is 0 Å². The number of ketones is 1. The summed E-state index contributed by atoms with van der Waals surface area (Å²) in [6.07, 6.45) is 3.35. The lowest BCUT2D eigenvalue weighted by molar-refractivity contribution is 0.103. The number of nitrogens with zero attached hydrogens (tertiary/aromatic N) is 1. The van der Waals surface area contributed by atoms with E-state index in [2.05, 4.69) is 0 Å². The molecule has 0 saturated heterocycles. The lowest BCUT2D eigenvalue weighted by Gasteiger charge is -2.16. The van der Waals surface area contributed by atoms with Gasteiger partial charge in [-0.2, -0.15) is 0 Å². The van der Waals surface area contributed by atoms with Gasteiger partial charge < -0.3 is 24.8 Å². The molecule has 6 nitrogen and oxygen atoms in total. The molecule has 0 radical (unpaired) electrons. The summed E-state index contributed by atoms with van der Waals surface area (Å²) in [7, 11) is 5.43. The van der Waals surface area contributed by atoms with Crippen molar-refractivity contribution in [2.24, 2.45) is 0 Å². The number of carbonyl (C=O) groups is 1. The molecule has 0 atom stereocenters. The van der Waals surface area contributed by atoms with E-state index in [1.165, 1.54) is 0 Å². The molecule has 6 heteroatoms. The number of benzene rings is 2. The lowest BCUT2D eigenvalue weighted by atomic mass is 9.96. The van der Waals surface area contributed by atoms with Crippen molar-refractivity contribution in [2.45, 2.75) is 19.8 Å². The standard InChI is InChI=1S/C22H26N2O4/c1-5-6-14(22(25)15-7-8-18(24(2)3)17(23)10-15)9-16-11-20-21(28-13-27-20)12-19(16)26-4/h7-12H,5-6,13,23H2,1-4H3. The van der Waals surface area contributed by atoms with E-state index in [9.17, 15) is 4.79 Å². The summed E-state index contributed by atoms with van der Waals surface area (Å²) in [6, 6.07) is 9.04. The van der Waals surface area contributed by atoms with E-state index in [0.717, 1.165) is 17.7 Å². The van der Waals surface area contributed by atoms with Gasteiger partial charge in [-0.1, -0.05) is 13.3 Å². The second-order valence-electron chi connectivity index (χ2n) is 6.86. The summed E-state index contributed by atoms with van der Waals surface area (Å²) in [5.41, 5.74) is 9.63. The maximum Gasteiger partial charge on any atom is 0.231 e. The molecule has 0 amide bonds. The van der Waals surface area contributed by atoms with Crippen LogP contribution >= 0.6 is 0 Å². The Kier molecular flexibility index (Phi) is 5.78. The van der Waals surface area contributed by atoms with Crippen LogP contribution in [0.2, 0.25) is 0 Å². The first-order valence-corrected chi connectivity index (χ1v) is 9.24. The fourth-order valence-corrected chi connectivity index (χ4v) is 3.23. The third-order valence-electron chi connectivity index (χ3n) is 4.64. The topological polar surface area (TPSA) is 74.0 Å². The van der Waals surface area contributed by atoms with E-state index in [1.807, 2.05) is 50.2 Å². The van der Waals surface area contributed by atoms with Crippen LogP contribution in [-0.4, -0.2) is 33.8 Å². The number of rotatable bonds is 7. The molecule has 2 N–H and O–H groups in total. The monoisotopic (exact) mass is 382 g/mol. The molecule has 0 fully saturated rings. The summed E-state index contributed by atoms with van der Waals surface area (Å²) in [4.78, 5) is 15.1. The lowest BCUT2D eigenvalue weighted by Crippen LogP contribution is -2.12. The van der Waals surface area contributed by atoms with E-state index in [-0.39, 0.29) is 12.6 Å². The highest BCUT2D eigenvalue weighted by Crippen LogP contribution is 2.39. The van der Waals surface area contributed by atoms with Gasteiger partial charge in [0.1, 0.15) is 5.75 Å². The Labute approximate surface area is 165 Å². The molecule has 0 spiro atoms. The highest BCUT2D eigenvalue weighted by molar-refractivity contribution is 6.12. The third kappa shape index (κ3) is 3.91. The van der Waals surface area contributed by atoms with Gasteiger partial charge in [0.15, 0.2) is 17.3 Å². The van der Waals surface area contributed by atoms with E-state index < -0.39 is 0 Å². The molecule has 148 valence electrons. The van der Waals surface area contributed by atoms with Gasteiger partial charge in [-0.25, -0.2) is 0 Å². The zero-order valence-electron chi connectivity index (χ0n) is 16.7. The Morgan fingerprint density at radius 3 is 2.54 bits per heavy atom. The average Bonchev–Trinajstić information content (AvgIpc) is 3.13. The van der Waals surface area contributed by atoms with Crippen molar-refractivity contribution in [3.05, 3.63) is 47.0 Å². The molecule has 2 aromatic rings. The molecule has 0 aromatic heterocycles. The third-order valence-corrected chi connectivity index (χ3v) is 4.64. The van der Waals surface area contributed by atoms with Crippen LogP contribution in [0.25, 0.3) is 6.08 Å². The van der Waals surface area contributed by atoms with E-state index in [4.69, 9.17) is 19.9 Å². The molecule has 2 aromatic carbocycles. The molecule has 1 aliphatic heterocycles. The van der Waals surface area contributed by atoms with Crippen molar-refractivity contribution in [3.63, 3.8) is 0 Å². The van der Waals surface area contributed by atoms with Crippen molar-refractivity contribution >= 4 is 23.2 Å². The van der Waals surface area contributed by atoms with E-state index >= 15 is 0 Å².